The monoisotopic (exact) mass is 301 g/mol. The van der Waals surface area contributed by atoms with Crippen LogP contribution in [0.1, 0.15) is 35.9 Å². The molecule has 6 heteroatoms. The molecule has 2 rings (SSSR count). The van der Waals surface area contributed by atoms with E-state index in [2.05, 4.69) is 11.9 Å². The fourth-order valence-electron chi connectivity index (χ4n) is 2.35. The highest BCUT2D eigenvalue weighted by Crippen LogP contribution is 2.17. The molecule has 0 fully saturated rings. The number of fused-ring (bicyclic) bond motifs is 1. The number of amides is 1. The zero-order valence-electron chi connectivity index (χ0n) is 13.0. The van der Waals surface area contributed by atoms with Crippen LogP contribution in [0.2, 0.25) is 0 Å². The summed E-state index contributed by atoms with van der Waals surface area (Å²) < 4.78 is 2.57. The molecule has 2 aromatic rings. The van der Waals surface area contributed by atoms with Crippen LogP contribution in [-0.4, -0.2) is 27.5 Å². The van der Waals surface area contributed by atoms with Gasteiger partial charge in [0, 0.05) is 24.2 Å². The Balaban J connectivity index is 2.76. The first-order valence-electron chi connectivity index (χ1n) is 7.16. The van der Waals surface area contributed by atoms with Crippen molar-refractivity contribution in [3.05, 3.63) is 46.4 Å². The number of carbonyl (C=O) groups is 2. The lowest BCUT2D eigenvalue weighted by Crippen LogP contribution is -2.29. The molecule has 0 saturated carbocycles. The highest BCUT2D eigenvalue weighted by molar-refractivity contribution is 6.02. The molecule has 0 radical (unpaired) electrons. The summed E-state index contributed by atoms with van der Waals surface area (Å²) >= 11 is 0. The standard InChI is InChI=1S/C16H19N3O3/c1-5-17-14(20)11-7-8-12-13(9-11)19(15(21)10(3)4)16(22)18(12)6-2/h7-9H,3,5-6H2,1-2,4H3,(H,17,20). The Labute approximate surface area is 128 Å². The predicted octanol–water partition coefficient (Wildman–Crippen LogP) is 1.79. The van der Waals surface area contributed by atoms with Gasteiger partial charge in [0.2, 0.25) is 0 Å². The van der Waals surface area contributed by atoms with Gasteiger partial charge in [0.25, 0.3) is 11.8 Å². The predicted molar refractivity (Wildman–Crippen MR) is 85.3 cm³/mol. The molecule has 1 aromatic carbocycles. The quantitative estimate of drug-likeness (QED) is 0.875. The summed E-state index contributed by atoms with van der Waals surface area (Å²) in [4.78, 5) is 36.7. The van der Waals surface area contributed by atoms with E-state index in [0.717, 1.165) is 4.57 Å². The lowest BCUT2D eigenvalue weighted by atomic mass is 10.1. The number of allylic oxidation sites excluding steroid dienone is 1. The Morgan fingerprint density at radius 3 is 2.45 bits per heavy atom. The van der Waals surface area contributed by atoms with Crippen LogP contribution in [0.25, 0.3) is 11.0 Å². The zero-order valence-corrected chi connectivity index (χ0v) is 13.0. The molecule has 1 aromatic heterocycles. The number of nitrogens with one attached hydrogen (secondary N) is 1. The molecule has 0 saturated heterocycles. The van der Waals surface area contributed by atoms with Gasteiger partial charge in [-0.3, -0.25) is 14.2 Å². The summed E-state index contributed by atoms with van der Waals surface area (Å²) in [5, 5.41) is 2.70. The topological polar surface area (TPSA) is 73.1 Å². The van der Waals surface area contributed by atoms with Crippen LogP contribution in [-0.2, 0) is 6.54 Å². The van der Waals surface area contributed by atoms with E-state index in [1.54, 1.807) is 25.1 Å². The molecular weight excluding hydrogens is 282 g/mol. The maximum atomic E-state index is 12.4. The molecule has 6 nitrogen and oxygen atoms in total. The van der Waals surface area contributed by atoms with Crippen molar-refractivity contribution >= 4 is 22.8 Å². The minimum Gasteiger partial charge on any atom is -0.352 e. The van der Waals surface area contributed by atoms with Crippen molar-refractivity contribution in [2.45, 2.75) is 27.3 Å². The first-order chi connectivity index (χ1) is 10.4. The van der Waals surface area contributed by atoms with Crippen molar-refractivity contribution < 1.29 is 9.59 Å². The number of benzene rings is 1. The van der Waals surface area contributed by atoms with E-state index in [1.807, 2.05) is 13.8 Å². The summed E-state index contributed by atoms with van der Waals surface area (Å²) in [6.45, 7) is 9.75. The smallest absolute Gasteiger partial charge is 0.336 e. The summed E-state index contributed by atoms with van der Waals surface area (Å²) in [6, 6.07) is 4.90. The number of aryl methyl sites for hydroxylation is 1. The molecule has 1 N–H and O–H groups in total. The van der Waals surface area contributed by atoms with Crippen LogP contribution >= 0.6 is 0 Å². The lowest BCUT2D eigenvalue weighted by molar-refractivity contribution is 0.0945. The molecule has 0 aliphatic heterocycles. The second kappa shape index (κ2) is 6.01. The van der Waals surface area contributed by atoms with Gasteiger partial charge >= 0.3 is 5.69 Å². The second-order valence-electron chi connectivity index (χ2n) is 5.01. The zero-order chi connectivity index (χ0) is 16.4. The van der Waals surface area contributed by atoms with Crippen LogP contribution < -0.4 is 11.0 Å². The average Bonchev–Trinajstić information content (AvgIpc) is 2.77. The number of aromatic nitrogens is 2. The van der Waals surface area contributed by atoms with Gasteiger partial charge in [-0.15, -0.1) is 0 Å². The third-order valence-corrected chi connectivity index (χ3v) is 3.41. The first-order valence-corrected chi connectivity index (χ1v) is 7.16. The van der Waals surface area contributed by atoms with Crippen LogP contribution in [0, 0.1) is 0 Å². The molecule has 1 amide bonds. The summed E-state index contributed by atoms with van der Waals surface area (Å²) in [5.74, 6) is -0.703. The van der Waals surface area contributed by atoms with E-state index >= 15 is 0 Å². The van der Waals surface area contributed by atoms with Gasteiger partial charge in [0.05, 0.1) is 11.0 Å². The lowest BCUT2D eigenvalue weighted by Gasteiger charge is -2.04. The number of rotatable bonds is 4. The number of carbonyl (C=O) groups excluding carboxylic acids is 2. The Bertz CT molecular complexity index is 827. The largest absolute Gasteiger partial charge is 0.352 e. The fourth-order valence-corrected chi connectivity index (χ4v) is 2.35. The number of imidazole rings is 1. The van der Waals surface area contributed by atoms with E-state index in [-0.39, 0.29) is 11.5 Å². The Morgan fingerprint density at radius 2 is 1.91 bits per heavy atom. The molecule has 0 unspecified atom stereocenters. The van der Waals surface area contributed by atoms with Gasteiger partial charge in [-0.1, -0.05) is 6.58 Å². The van der Waals surface area contributed by atoms with Crippen LogP contribution in [0.5, 0.6) is 0 Å². The van der Waals surface area contributed by atoms with Gasteiger partial charge in [0.15, 0.2) is 0 Å². The fraction of sp³-hybridized carbons (Fsp3) is 0.312. The Morgan fingerprint density at radius 1 is 1.23 bits per heavy atom. The van der Waals surface area contributed by atoms with E-state index in [1.165, 1.54) is 4.57 Å². The number of nitrogens with zero attached hydrogens (tertiary/aromatic N) is 2. The Hall–Kier alpha value is -2.63. The number of hydrogen-bond donors (Lipinski definition) is 1. The maximum Gasteiger partial charge on any atom is 0.336 e. The van der Waals surface area contributed by atoms with E-state index in [0.29, 0.717) is 29.7 Å². The van der Waals surface area contributed by atoms with Crippen molar-refractivity contribution in [1.82, 2.24) is 14.5 Å². The van der Waals surface area contributed by atoms with Gasteiger partial charge in [-0.25, -0.2) is 9.36 Å². The average molecular weight is 301 g/mol. The third kappa shape index (κ3) is 2.47. The van der Waals surface area contributed by atoms with Crippen LogP contribution in [0.3, 0.4) is 0 Å². The minimum absolute atomic E-state index is 0.240. The third-order valence-electron chi connectivity index (χ3n) is 3.41. The molecule has 1 heterocycles. The maximum absolute atomic E-state index is 12.4. The van der Waals surface area contributed by atoms with Crippen molar-refractivity contribution in [3.8, 4) is 0 Å². The molecule has 0 aliphatic rings. The van der Waals surface area contributed by atoms with E-state index in [9.17, 15) is 14.4 Å². The highest BCUT2D eigenvalue weighted by atomic mass is 16.2. The van der Waals surface area contributed by atoms with Crippen molar-refractivity contribution in [1.29, 1.82) is 0 Å². The van der Waals surface area contributed by atoms with Crippen LogP contribution in [0.4, 0.5) is 0 Å². The number of hydrogen-bond acceptors (Lipinski definition) is 3. The Kier molecular flexibility index (Phi) is 4.30. The van der Waals surface area contributed by atoms with Crippen LogP contribution in [0.15, 0.2) is 35.1 Å². The highest BCUT2D eigenvalue weighted by Gasteiger charge is 2.19. The van der Waals surface area contributed by atoms with Crippen molar-refractivity contribution in [2.24, 2.45) is 0 Å². The SMILES string of the molecule is C=C(C)C(=O)n1c(=O)n(CC)c2ccc(C(=O)NCC)cc21. The van der Waals surface area contributed by atoms with E-state index < -0.39 is 11.6 Å². The van der Waals surface area contributed by atoms with Crippen molar-refractivity contribution in [3.63, 3.8) is 0 Å². The molecule has 0 atom stereocenters. The van der Waals surface area contributed by atoms with Crippen molar-refractivity contribution in [2.75, 3.05) is 6.54 Å². The van der Waals surface area contributed by atoms with Gasteiger partial charge in [-0.05, 0) is 39.0 Å². The normalized spacial score (nSPS) is 10.7. The van der Waals surface area contributed by atoms with Gasteiger partial charge in [-0.2, -0.15) is 0 Å². The van der Waals surface area contributed by atoms with Gasteiger partial charge in [0.1, 0.15) is 0 Å². The summed E-state index contributed by atoms with van der Waals surface area (Å²) in [7, 11) is 0. The molecule has 22 heavy (non-hydrogen) atoms. The molecule has 0 spiro atoms. The summed E-state index contributed by atoms with van der Waals surface area (Å²) in [5.41, 5.74) is 1.30. The second-order valence-corrected chi connectivity index (χ2v) is 5.01. The van der Waals surface area contributed by atoms with Gasteiger partial charge < -0.3 is 5.32 Å². The first kappa shape index (κ1) is 15.8. The molecule has 116 valence electrons. The molecule has 0 bridgehead atoms. The minimum atomic E-state index is -0.463. The molecule has 0 aliphatic carbocycles. The molecular formula is C16H19N3O3. The summed E-state index contributed by atoms with van der Waals surface area (Å²) in [6.07, 6.45) is 0. The van der Waals surface area contributed by atoms with E-state index in [4.69, 9.17) is 0 Å².